The van der Waals surface area contributed by atoms with Crippen LogP contribution in [0.5, 0.6) is 0 Å². The average Bonchev–Trinajstić information content (AvgIpc) is 2.96. The third kappa shape index (κ3) is 5.96. The molecule has 27 heavy (non-hydrogen) atoms. The topological polar surface area (TPSA) is 88.9 Å². The Kier molecular flexibility index (Phi) is 6.79. The number of benzene rings is 1. The Bertz CT molecular complexity index is 811. The number of hydrogen-bond donors (Lipinski definition) is 2. The highest BCUT2D eigenvalue weighted by Crippen LogP contribution is 2.26. The van der Waals surface area contributed by atoms with Crippen LogP contribution in [0.25, 0.3) is 11.4 Å². The highest BCUT2D eigenvalue weighted by atomic mass is 32.2. The summed E-state index contributed by atoms with van der Waals surface area (Å²) in [6, 6.07) is 9.17. The van der Waals surface area contributed by atoms with E-state index in [1.165, 1.54) is 11.8 Å². The number of carbonyl (C=O) groups is 2. The van der Waals surface area contributed by atoms with Gasteiger partial charge in [0, 0.05) is 17.6 Å². The Labute approximate surface area is 163 Å². The lowest BCUT2D eigenvalue weighted by atomic mass is 10.1. The molecule has 144 valence electrons. The molecule has 1 aromatic carbocycles. The SMILES string of the molecule is C=CCn1c(S[C@@H](C)C(=O)NC(=O)NC(C)(C)C)nnc1-c1ccccc1. The van der Waals surface area contributed by atoms with Gasteiger partial charge in [-0.25, -0.2) is 4.79 Å². The van der Waals surface area contributed by atoms with E-state index in [9.17, 15) is 9.59 Å². The quantitative estimate of drug-likeness (QED) is 0.587. The first-order valence-corrected chi connectivity index (χ1v) is 9.48. The maximum absolute atomic E-state index is 12.3. The smallest absolute Gasteiger partial charge is 0.321 e. The van der Waals surface area contributed by atoms with Gasteiger partial charge in [-0.2, -0.15) is 0 Å². The van der Waals surface area contributed by atoms with Crippen LogP contribution >= 0.6 is 11.8 Å². The molecule has 1 atom stereocenters. The molecular weight excluding hydrogens is 362 g/mol. The van der Waals surface area contributed by atoms with Gasteiger partial charge in [0.25, 0.3) is 0 Å². The van der Waals surface area contributed by atoms with E-state index in [-0.39, 0.29) is 0 Å². The summed E-state index contributed by atoms with van der Waals surface area (Å²) in [5, 5.41) is 13.6. The van der Waals surface area contributed by atoms with Crippen LogP contribution in [-0.4, -0.2) is 37.5 Å². The van der Waals surface area contributed by atoms with Crippen molar-refractivity contribution in [2.24, 2.45) is 0 Å². The molecule has 0 saturated carbocycles. The van der Waals surface area contributed by atoms with Crippen LogP contribution < -0.4 is 10.6 Å². The summed E-state index contributed by atoms with van der Waals surface area (Å²) in [4.78, 5) is 24.2. The minimum atomic E-state index is -0.521. The van der Waals surface area contributed by atoms with E-state index in [4.69, 9.17) is 0 Å². The van der Waals surface area contributed by atoms with Crippen LogP contribution in [0.2, 0.25) is 0 Å². The fourth-order valence-corrected chi connectivity index (χ4v) is 3.13. The molecule has 0 aliphatic carbocycles. The molecule has 1 heterocycles. The van der Waals surface area contributed by atoms with Crippen LogP contribution in [-0.2, 0) is 11.3 Å². The molecule has 1 aromatic heterocycles. The Balaban J connectivity index is 2.12. The number of aromatic nitrogens is 3. The zero-order valence-corrected chi connectivity index (χ0v) is 16.8. The number of nitrogens with zero attached hydrogens (tertiary/aromatic N) is 3. The summed E-state index contributed by atoms with van der Waals surface area (Å²) in [6.45, 7) is 11.6. The number of rotatable bonds is 6. The summed E-state index contributed by atoms with van der Waals surface area (Å²) in [5.74, 6) is 0.312. The van der Waals surface area contributed by atoms with Crippen molar-refractivity contribution in [3.05, 3.63) is 43.0 Å². The fourth-order valence-electron chi connectivity index (χ4n) is 2.27. The maximum Gasteiger partial charge on any atom is 0.321 e. The first-order valence-electron chi connectivity index (χ1n) is 8.60. The zero-order valence-electron chi connectivity index (χ0n) is 16.0. The lowest BCUT2D eigenvalue weighted by molar-refractivity contribution is -0.119. The highest BCUT2D eigenvalue weighted by Gasteiger charge is 2.23. The fraction of sp³-hybridized carbons (Fsp3) is 0.368. The number of nitrogens with one attached hydrogen (secondary N) is 2. The van der Waals surface area contributed by atoms with Gasteiger partial charge in [0.05, 0.1) is 5.25 Å². The second-order valence-electron chi connectivity index (χ2n) is 7.02. The molecule has 0 aliphatic rings. The van der Waals surface area contributed by atoms with Crippen LogP contribution in [0.4, 0.5) is 4.79 Å². The minimum absolute atomic E-state index is 0.392. The minimum Gasteiger partial charge on any atom is -0.333 e. The Morgan fingerprint density at radius 1 is 1.26 bits per heavy atom. The van der Waals surface area contributed by atoms with Gasteiger partial charge in [-0.3, -0.25) is 14.7 Å². The molecule has 0 radical (unpaired) electrons. The molecule has 0 bridgehead atoms. The lowest BCUT2D eigenvalue weighted by Crippen LogP contribution is -2.49. The second kappa shape index (κ2) is 8.85. The van der Waals surface area contributed by atoms with Gasteiger partial charge in [0.1, 0.15) is 0 Å². The highest BCUT2D eigenvalue weighted by molar-refractivity contribution is 8.00. The molecular formula is C19H25N5O2S. The molecule has 0 aliphatic heterocycles. The predicted molar refractivity (Wildman–Crippen MR) is 107 cm³/mol. The van der Waals surface area contributed by atoms with Crippen LogP contribution in [0, 0.1) is 0 Å². The van der Waals surface area contributed by atoms with Crippen molar-refractivity contribution in [2.75, 3.05) is 0 Å². The van der Waals surface area contributed by atoms with Crippen LogP contribution in [0.15, 0.2) is 48.1 Å². The molecule has 2 aromatic rings. The number of imide groups is 1. The molecule has 0 fully saturated rings. The standard InChI is InChI=1S/C19H25N5O2S/c1-6-12-24-15(14-10-8-7-9-11-14)22-23-18(24)27-13(2)16(25)20-17(26)21-19(3,4)5/h6-11,13H,1,12H2,2-5H3,(H2,20,21,25,26)/t13-/m0/s1. The number of amides is 3. The summed E-state index contributed by atoms with van der Waals surface area (Å²) >= 11 is 1.24. The summed E-state index contributed by atoms with van der Waals surface area (Å²) in [6.07, 6.45) is 1.75. The lowest BCUT2D eigenvalue weighted by Gasteiger charge is -2.21. The van der Waals surface area contributed by atoms with E-state index in [0.29, 0.717) is 17.5 Å². The first kappa shape index (κ1) is 20.7. The van der Waals surface area contributed by atoms with Crippen molar-refractivity contribution in [2.45, 2.75) is 50.2 Å². The number of carbonyl (C=O) groups excluding carboxylic acids is 2. The normalized spacial score (nSPS) is 12.3. The second-order valence-corrected chi connectivity index (χ2v) is 8.33. The molecule has 7 nitrogen and oxygen atoms in total. The summed E-state index contributed by atoms with van der Waals surface area (Å²) in [7, 11) is 0. The maximum atomic E-state index is 12.3. The van der Waals surface area contributed by atoms with Crippen molar-refractivity contribution in [3.63, 3.8) is 0 Å². The van der Waals surface area contributed by atoms with E-state index in [2.05, 4.69) is 27.4 Å². The molecule has 0 saturated heterocycles. The van der Waals surface area contributed by atoms with E-state index in [1.807, 2.05) is 55.7 Å². The van der Waals surface area contributed by atoms with Gasteiger partial charge in [0.15, 0.2) is 11.0 Å². The van der Waals surface area contributed by atoms with Gasteiger partial charge in [0.2, 0.25) is 5.91 Å². The molecule has 0 spiro atoms. The van der Waals surface area contributed by atoms with E-state index >= 15 is 0 Å². The molecule has 2 rings (SSSR count). The van der Waals surface area contributed by atoms with Gasteiger partial charge in [-0.1, -0.05) is 48.2 Å². The van der Waals surface area contributed by atoms with Crippen molar-refractivity contribution < 1.29 is 9.59 Å². The Morgan fingerprint density at radius 2 is 1.93 bits per heavy atom. The first-order chi connectivity index (χ1) is 12.7. The van der Waals surface area contributed by atoms with Crippen molar-refractivity contribution in [3.8, 4) is 11.4 Å². The largest absolute Gasteiger partial charge is 0.333 e. The zero-order chi connectivity index (χ0) is 20.0. The number of urea groups is 1. The van der Waals surface area contributed by atoms with Crippen molar-refractivity contribution >= 4 is 23.7 Å². The van der Waals surface area contributed by atoms with E-state index in [0.717, 1.165) is 5.56 Å². The van der Waals surface area contributed by atoms with E-state index < -0.39 is 22.7 Å². The predicted octanol–water partition coefficient (Wildman–Crippen LogP) is 3.24. The van der Waals surface area contributed by atoms with Crippen LogP contribution in [0.3, 0.4) is 0 Å². The molecule has 0 unspecified atom stereocenters. The van der Waals surface area contributed by atoms with E-state index in [1.54, 1.807) is 13.0 Å². The molecule has 3 amide bonds. The van der Waals surface area contributed by atoms with Gasteiger partial charge in [-0.15, -0.1) is 16.8 Å². The number of thioether (sulfide) groups is 1. The number of hydrogen-bond acceptors (Lipinski definition) is 5. The summed E-state index contributed by atoms with van der Waals surface area (Å²) in [5.41, 5.74) is 0.510. The van der Waals surface area contributed by atoms with Gasteiger partial charge in [-0.05, 0) is 27.7 Å². The van der Waals surface area contributed by atoms with Gasteiger partial charge < -0.3 is 5.32 Å². The van der Waals surface area contributed by atoms with Crippen molar-refractivity contribution in [1.29, 1.82) is 0 Å². The molecule has 8 heteroatoms. The van der Waals surface area contributed by atoms with Crippen LogP contribution in [0.1, 0.15) is 27.7 Å². The third-order valence-electron chi connectivity index (χ3n) is 3.44. The Morgan fingerprint density at radius 3 is 2.52 bits per heavy atom. The third-order valence-corrected chi connectivity index (χ3v) is 4.52. The monoisotopic (exact) mass is 387 g/mol. The van der Waals surface area contributed by atoms with Crippen molar-refractivity contribution in [1.82, 2.24) is 25.4 Å². The number of allylic oxidation sites excluding steroid dienone is 1. The molecule has 2 N–H and O–H groups in total. The van der Waals surface area contributed by atoms with Gasteiger partial charge >= 0.3 is 6.03 Å². The Hall–Kier alpha value is -2.61. The summed E-state index contributed by atoms with van der Waals surface area (Å²) < 4.78 is 1.89. The average molecular weight is 388 g/mol.